The molecule has 0 heterocycles. The number of anilines is 1. The van der Waals surface area contributed by atoms with Gasteiger partial charge in [-0.05, 0) is 45.1 Å². The van der Waals surface area contributed by atoms with Crippen molar-refractivity contribution in [2.45, 2.75) is 26.2 Å². The van der Waals surface area contributed by atoms with E-state index in [4.69, 9.17) is 16.3 Å². The number of nitrogens with one attached hydrogen (secondary N) is 1. The number of nitrogens with zero attached hydrogens (tertiary/aromatic N) is 1. The highest BCUT2D eigenvalue weighted by Crippen LogP contribution is 2.31. The summed E-state index contributed by atoms with van der Waals surface area (Å²) in [6.45, 7) is 6.05. The number of amides is 1. The van der Waals surface area contributed by atoms with Crippen molar-refractivity contribution in [1.29, 1.82) is 0 Å². The van der Waals surface area contributed by atoms with Gasteiger partial charge in [0.15, 0.2) is 6.61 Å². The van der Waals surface area contributed by atoms with Gasteiger partial charge in [-0.2, -0.15) is 0 Å². The van der Waals surface area contributed by atoms with Crippen LogP contribution in [0.3, 0.4) is 0 Å². The summed E-state index contributed by atoms with van der Waals surface area (Å²) in [4.78, 5) is 22.3. The van der Waals surface area contributed by atoms with E-state index >= 15 is 0 Å². The van der Waals surface area contributed by atoms with Gasteiger partial charge in [0.25, 0.3) is 11.6 Å². The minimum atomic E-state index is -0.559. The fraction of sp³-hybridized carbons (Fsp3) is 0.278. The van der Waals surface area contributed by atoms with Crippen LogP contribution >= 0.6 is 27.5 Å². The van der Waals surface area contributed by atoms with E-state index in [0.717, 1.165) is 10.0 Å². The average molecular weight is 442 g/mol. The van der Waals surface area contributed by atoms with Crippen LogP contribution in [0.15, 0.2) is 40.9 Å². The lowest BCUT2D eigenvalue weighted by Gasteiger charge is -2.20. The first kappa shape index (κ1) is 20.2. The summed E-state index contributed by atoms with van der Waals surface area (Å²) in [5, 5.41) is 13.5. The highest BCUT2D eigenvalue weighted by molar-refractivity contribution is 9.10. The molecule has 0 aliphatic heterocycles. The molecule has 2 aromatic carbocycles. The van der Waals surface area contributed by atoms with Crippen LogP contribution < -0.4 is 10.1 Å². The van der Waals surface area contributed by atoms with E-state index in [2.05, 4.69) is 42.0 Å². The molecule has 1 N–H and O–H groups in total. The molecule has 0 saturated heterocycles. The Morgan fingerprint density at radius 3 is 2.54 bits per heavy atom. The molecule has 0 bridgehead atoms. The van der Waals surface area contributed by atoms with Gasteiger partial charge in [-0.25, -0.2) is 0 Å². The van der Waals surface area contributed by atoms with Gasteiger partial charge in [0.05, 0.1) is 20.1 Å². The highest BCUT2D eigenvalue weighted by atomic mass is 79.9. The lowest BCUT2D eigenvalue weighted by Crippen LogP contribution is -2.20. The lowest BCUT2D eigenvalue weighted by atomic mass is 9.87. The quantitative estimate of drug-likeness (QED) is 0.502. The van der Waals surface area contributed by atoms with E-state index < -0.39 is 10.8 Å². The maximum absolute atomic E-state index is 12.1. The van der Waals surface area contributed by atoms with Gasteiger partial charge >= 0.3 is 0 Å². The smallest absolute Gasteiger partial charge is 0.271 e. The molecular weight excluding hydrogens is 424 g/mol. The topological polar surface area (TPSA) is 81.5 Å². The number of benzene rings is 2. The molecular formula is C18H18BrClN2O4. The van der Waals surface area contributed by atoms with Crippen molar-refractivity contribution in [3.63, 3.8) is 0 Å². The molecule has 0 fully saturated rings. The van der Waals surface area contributed by atoms with Crippen molar-refractivity contribution in [3.05, 3.63) is 61.6 Å². The fourth-order valence-electron chi connectivity index (χ4n) is 2.14. The number of carbonyl (C=O) groups excluding carboxylic acids is 1. The van der Waals surface area contributed by atoms with Crippen molar-refractivity contribution in [2.24, 2.45) is 0 Å². The molecule has 1 amide bonds. The predicted molar refractivity (Wildman–Crippen MR) is 105 cm³/mol. The Kier molecular flexibility index (Phi) is 6.26. The van der Waals surface area contributed by atoms with E-state index in [1.165, 1.54) is 18.2 Å². The van der Waals surface area contributed by atoms with Crippen LogP contribution in [0, 0.1) is 10.1 Å². The number of nitro benzene ring substituents is 1. The summed E-state index contributed by atoms with van der Waals surface area (Å²) in [6.07, 6.45) is 0. The summed E-state index contributed by atoms with van der Waals surface area (Å²) in [7, 11) is 0. The molecule has 0 aliphatic rings. The highest BCUT2D eigenvalue weighted by Gasteiger charge is 2.16. The Morgan fingerprint density at radius 2 is 1.96 bits per heavy atom. The summed E-state index contributed by atoms with van der Waals surface area (Å²) < 4.78 is 6.26. The molecule has 0 radical (unpaired) electrons. The number of nitro groups is 1. The SMILES string of the molecule is CC(C)(C)c1ccc(OCC(=O)Nc2cc([N+](=O)[O-])ccc2Cl)c(Br)c1. The second-order valence-electron chi connectivity index (χ2n) is 6.65. The van der Waals surface area contributed by atoms with Gasteiger partial charge in [-0.3, -0.25) is 14.9 Å². The number of rotatable bonds is 5. The second kappa shape index (κ2) is 8.05. The normalized spacial score (nSPS) is 11.1. The Morgan fingerprint density at radius 1 is 1.27 bits per heavy atom. The molecule has 0 saturated carbocycles. The van der Waals surface area contributed by atoms with Crippen LogP contribution in [0.4, 0.5) is 11.4 Å². The van der Waals surface area contributed by atoms with Crippen LogP contribution in [0.5, 0.6) is 5.75 Å². The molecule has 138 valence electrons. The molecule has 2 aromatic rings. The third kappa shape index (κ3) is 5.19. The zero-order valence-corrected chi connectivity index (χ0v) is 16.8. The Bertz CT molecular complexity index is 850. The summed E-state index contributed by atoms with van der Waals surface area (Å²) in [5.41, 5.74) is 1.13. The molecule has 0 atom stereocenters. The van der Waals surface area contributed by atoms with Crippen LogP contribution in [0.25, 0.3) is 0 Å². The molecule has 0 aliphatic carbocycles. The third-order valence-corrected chi connectivity index (χ3v) is 4.54. The van der Waals surface area contributed by atoms with E-state index in [0.29, 0.717) is 5.75 Å². The van der Waals surface area contributed by atoms with Crippen molar-refractivity contribution in [3.8, 4) is 5.75 Å². The van der Waals surface area contributed by atoms with Gasteiger partial charge in [-0.15, -0.1) is 0 Å². The summed E-state index contributed by atoms with van der Waals surface area (Å²) in [5.74, 6) is 0.0532. The van der Waals surface area contributed by atoms with Crippen molar-refractivity contribution >= 4 is 44.8 Å². The number of hydrogen-bond acceptors (Lipinski definition) is 4. The first-order valence-corrected chi connectivity index (χ1v) is 8.91. The maximum Gasteiger partial charge on any atom is 0.271 e. The Hall–Kier alpha value is -2.12. The van der Waals surface area contributed by atoms with E-state index in [1.807, 2.05) is 12.1 Å². The molecule has 0 spiro atoms. The van der Waals surface area contributed by atoms with E-state index in [9.17, 15) is 14.9 Å². The third-order valence-electron chi connectivity index (χ3n) is 3.59. The number of non-ortho nitro benzene ring substituents is 1. The number of halogens is 2. The van der Waals surface area contributed by atoms with Crippen molar-refractivity contribution in [2.75, 3.05) is 11.9 Å². The van der Waals surface area contributed by atoms with Crippen molar-refractivity contribution in [1.82, 2.24) is 0 Å². The van der Waals surface area contributed by atoms with E-state index in [1.54, 1.807) is 6.07 Å². The minimum Gasteiger partial charge on any atom is -0.483 e. The molecule has 6 nitrogen and oxygen atoms in total. The largest absolute Gasteiger partial charge is 0.483 e. The Balaban J connectivity index is 2.04. The zero-order chi connectivity index (χ0) is 19.5. The molecule has 8 heteroatoms. The summed E-state index contributed by atoms with van der Waals surface area (Å²) >= 11 is 9.40. The standard InChI is InChI=1S/C18H18BrClN2O4/c1-18(2,3)11-4-7-16(13(19)8-11)26-10-17(23)21-15-9-12(22(24)25)5-6-14(15)20/h4-9H,10H2,1-3H3,(H,21,23). The van der Waals surface area contributed by atoms with Gasteiger partial charge < -0.3 is 10.1 Å². The van der Waals surface area contributed by atoms with Crippen LogP contribution in [-0.2, 0) is 10.2 Å². The first-order valence-electron chi connectivity index (χ1n) is 7.74. The molecule has 2 rings (SSSR count). The number of hydrogen-bond donors (Lipinski definition) is 1. The molecule has 0 unspecified atom stereocenters. The van der Waals surface area contributed by atoms with Crippen molar-refractivity contribution < 1.29 is 14.5 Å². The monoisotopic (exact) mass is 440 g/mol. The number of ether oxygens (including phenoxy) is 1. The van der Waals surface area contributed by atoms with Gasteiger partial charge in [0.1, 0.15) is 5.75 Å². The van der Waals surface area contributed by atoms with Gasteiger partial charge in [0.2, 0.25) is 0 Å². The van der Waals surface area contributed by atoms with Crippen LogP contribution in [0.1, 0.15) is 26.3 Å². The van der Waals surface area contributed by atoms with E-state index in [-0.39, 0.29) is 28.4 Å². The zero-order valence-electron chi connectivity index (χ0n) is 14.5. The first-order chi connectivity index (χ1) is 12.1. The predicted octanol–water partition coefficient (Wildman–Crippen LogP) is 5.33. The van der Waals surface area contributed by atoms with Gasteiger partial charge in [0, 0.05) is 12.1 Å². The lowest BCUT2D eigenvalue weighted by molar-refractivity contribution is -0.384. The number of carbonyl (C=O) groups is 1. The second-order valence-corrected chi connectivity index (χ2v) is 7.91. The Labute approximate surface area is 164 Å². The molecule has 26 heavy (non-hydrogen) atoms. The average Bonchev–Trinajstić information content (AvgIpc) is 2.54. The fourth-order valence-corrected chi connectivity index (χ4v) is 2.79. The van der Waals surface area contributed by atoms with Crippen LogP contribution in [-0.4, -0.2) is 17.4 Å². The van der Waals surface area contributed by atoms with Gasteiger partial charge in [-0.1, -0.05) is 38.4 Å². The summed E-state index contributed by atoms with van der Waals surface area (Å²) in [6, 6.07) is 9.51. The van der Waals surface area contributed by atoms with Crippen LogP contribution in [0.2, 0.25) is 5.02 Å². The maximum atomic E-state index is 12.1. The molecule has 0 aromatic heterocycles. The minimum absolute atomic E-state index is 0.00278.